The Kier molecular flexibility index (Phi) is 8.07. The molecule has 4 nitrogen and oxygen atoms in total. The molecule has 2 aromatic rings. The van der Waals surface area contributed by atoms with E-state index < -0.39 is 0 Å². The fraction of sp³-hybridized carbons (Fsp3) is 0.500. The monoisotopic (exact) mass is 521 g/mol. The van der Waals surface area contributed by atoms with Gasteiger partial charge in [0.05, 0.1) is 4.47 Å². The van der Waals surface area contributed by atoms with E-state index in [1.807, 2.05) is 0 Å². The summed E-state index contributed by atoms with van der Waals surface area (Å²) < 4.78 is 0.844. The van der Waals surface area contributed by atoms with E-state index in [-0.39, 0.29) is 24.2 Å². The Morgan fingerprint density at radius 3 is 2.65 bits per heavy atom. The smallest absolute Gasteiger partial charge is 0.228 e. The first kappa shape index (κ1) is 24.1. The first-order valence-electron chi connectivity index (χ1n) is 10.8. The van der Waals surface area contributed by atoms with Gasteiger partial charge in [0, 0.05) is 30.1 Å². The second kappa shape index (κ2) is 10.4. The number of thiophene rings is 1. The largest absolute Gasteiger partial charge is 0.375 e. The van der Waals surface area contributed by atoms with Crippen LogP contribution in [-0.4, -0.2) is 19.5 Å². The van der Waals surface area contributed by atoms with Crippen LogP contribution in [0, 0.1) is 36.0 Å². The number of nitrogens with zero attached hydrogens (tertiary/aromatic N) is 2. The molecule has 1 heterocycles. The first-order valence-corrected chi connectivity index (χ1v) is 12.4. The van der Waals surface area contributed by atoms with Crippen LogP contribution >= 0.6 is 39.7 Å². The fourth-order valence-electron chi connectivity index (χ4n) is 4.98. The molecule has 0 saturated heterocycles. The van der Waals surface area contributed by atoms with Gasteiger partial charge in [-0.2, -0.15) is 5.26 Å². The molecule has 1 aromatic heterocycles. The van der Waals surface area contributed by atoms with E-state index in [0.717, 1.165) is 41.1 Å². The predicted octanol–water partition coefficient (Wildman–Crippen LogP) is 6.56. The van der Waals surface area contributed by atoms with Crippen LogP contribution in [0.3, 0.4) is 0 Å². The van der Waals surface area contributed by atoms with Crippen molar-refractivity contribution in [3.05, 3.63) is 44.7 Å². The number of carbonyl (C=O) groups excluding carboxylic acids is 1. The third-order valence-electron chi connectivity index (χ3n) is 6.71. The van der Waals surface area contributed by atoms with Crippen LogP contribution in [0.5, 0.6) is 0 Å². The molecule has 2 aliphatic rings. The standard InChI is InChI=1S/C24H28BrN3OS.ClH/c1-15-5-9-18(10-6-15)28(2)11-3-4-21-22(25)20(14-26)24(30-21)27-23(29)19-13-16-7-8-17(19)12-16;/h5-6,9-10,16-17,19H,3-4,7-8,11-13H2,1-2H3,(H,27,29);1H/t16-,17-,19+;/m0./s1. The van der Waals surface area contributed by atoms with Crippen LogP contribution in [0.2, 0.25) is 0 Å². The van der Waals surface area contributed by atoms with Gasteiger partial charge in [0.15, 0.2) is 0 Å². The molecule has 3 atom stereocenters. The van der Waals surface area contributed by atoms with Crippen molar-refractivity contribution in [1.82, 2.24) is 0 Å². The summed E-state index contributed by atoms with van der Waals surface area (Å²) >= 11 is 5.16. The highest BCUT2D eigenvalue weighted by Crippen LogP contribution is 2.49. The van der Waals surface area contributed by atoms with Crippen LogP contribution in [-0.2, 0) is 11.2 Å². The van der Waals surface area contributed by atoms with Gasteiger partial charge < -0.3 is 10.2 Å². The SMILES string of the molecule is Cc1ccc(N(C)CCCc2sc(NC(=O)[C@@H]3C[C@H]4CC[C@H]3C4)c(C#N)c2Br)cc1.Cl. The van der Waals surface area contributed by atoms with Gasteiger partial charge in [-0.25, -0.2) is 0 Å². The van der Waals surface area contributed by atoms with Crippen molar-refractivity contribution in [2.75, 3.05) is 23.8 Å². The zero-order valence-electron chi connectivity index (χ0n) is 18.0. The Balaban J connectivity index is 0.00000272. The molecule has 1 aromatic carbocycles. The van der Waals surface area contributed by atoms with Crippen molar-refractivity contribution in [3.8, 4) is 6.07 Å². The maximum absolute atomic E-state index is 12.8. The normalized spacial score (nSPS) is 21.4. The molecule has 2 saturated carbocycles. The number of anilines is 2. The van der Waals surface area contributed by atoms with Crippen molar-refractivity contribution in [2.24, 2.45) is 17.8 Å². The number of aryl methyl sites for hydroxylation is 2. The quantitative estimate of drug-likeness (QED) is 0.448. The van der Waals surface area contributed by atoms with Crippen molar-refractivity contribution in [2.45, 2.75) is 45.4 Å². The van der Waals surface area contributed by atoms with E-state index in [1.165, 1.54) is 30.5 Å². The Hall–Kier alpha value is -1.55. The molecule has 0 radical (unpaired) electrons. The number of halogens is 2. The zero-order chi connectivity index (χ0) is 21.3. The number of hydrogen-bond acceptors (Lipinski definition) is 4. The molecule has 1 N–H and O–H groups in total. The summed E-state index contributed by atoms with van der Waals surface area (Å²) in [5, 5.41) is 13.5. The van der Waals surface area contributed by atoms with Gasteiger partial charge in [0.2, 0.25) is 5.91 Å². The summed E-state index contributed by atoms with van der Waals surface area (Å²) in [5.41, 5.74) is 3.04. The Morgan fingerprint density at radius 1 is 1.29 bits per heavy atom. The van der Waals surface area contributed by atoms with E-state index >= 15 is 0 Å². The maximum atomic E-state index is 12.8. The number of nitrogens with one attached hydrogen (secondary N) is 1. The molecule has 1 amide bonds. The number of carbonyl (C=O) groups is 1. The summed E-state index contributed by atoms with van der Waals surface area (Å²) in [6.45, 7) is 3.03. The number of benzene rings is 1. The highest BCUT2D eigenvalue weighted by atomic mass is 79.9. The molecular weight excluding hydrogens is 494 g/mol. The van der Waals surface area contributed by atoms with Crippen LogP contribution < -0.4 is 10.2 Å². The maximum Gasteiger partial charge on any atom is 0.228 e. The third-order valence-corrected chi connectivity index (χ3v) is 9.01. The van der Waals surface area contributed by atoms with E-state index in [4.69, 9.17) is 0 Å². The third kappa shape index (κ3) is 5.27. The van der Waals surface area contributed by atoms with E-state index in [9.17, 15) is 10.1 Å². The highest BCUT2D eigenvalue weighted by Gasteiger charge is 2.43. The van der Waals surface area contributed by atoms with Gasteiger partial charge in [-0.05, 0) is 78.9 Å². The second-order valence-electron chi connectivity index (χ2n) is 8.79. The first-order chi connectivity index (χ1) is 14.5. The predicted molar refractivity (Wildman–Crippen MR) is 134 cm³/mol. The molecule has 0 aliphatic heterocycles. The Labute approximate surface area is 203 Å². The molecule has 2 bridgehead atoms. The minimum absolute atomic E-state index is 0. The van der Waals surface area contributed by atoms with Gasteiger partial charge >= 0.3 is 0 Å². The van der Waals surface area contributed by atoms with E-state index in [1.54, 1.807) is 11.3 Å². The molecule has 2 fully saturated rings. The van der Waals surface area contributed by atoms with Gasteiger partial charge in [-0.1, -0.05) is 24.1 Å². The van der Waals surface area contributed by atoms with E-state index in [0.29, 0.717) is 16.5 Å². The topological polar surface area (TPSA) is 56.1 Å². The van der Waals surface area contributed by atoms with Gasteiger partial charge in [0.1, 0.15) is 16.6 Å². The van der Waals surface area contributed by atoms with Crippen molar-refractivity contribution in [1.29, 1.82) is 5.26 Å². The van der Waals surface area contributed by atoms with Crippen LogP contribution in [0.1, 0.15) is 48.1 Å². The summed E-state index contributed by atoms with van der Waals surface area (Å²) in [6, 6.07) is 10.8. The van der Waals surface area contributed by atoms with E-state index in [2.05, 4.69) is 70.5 Å². The van der Waals surface area contributed by atoms with Crippen LogP contribution in [0.25, 0.3) is 0 Å². The lowest BCUT2D eigenvalue weighted by Crippen LogP contribution is -2.27. The lowest BCUT2D eigenvalue weighted by atomic mass is 9.88. The summed E-state index contributed by atoms with van der Waals surface area (Å²) in [6.07, 6.45) is 6.54. The molecular formula is C24H29BrClN3OS. The molecule has 2 aliphatic carbocycles. The summed E-state index contributed by atoms with van der Waals surface area (Å²) in [4.78, 5) is 16.2. The van der Waals surface area contributed by atoms with Gasteiger partial charge in [-0.15, -0.1) is 23.7 Å². The Bertz CT molecular complexity index is 968. The van der Waals surface area contributed by atoms with Gasteiger partial charge in [0.25, 0.3) is 0 Å². The number of rotatable bonds is 7. The lowest BCUT2D eigenvalue weighted by molar-refractivity contribution is -0.121. The molecule has 7 heteroatoms. The highest BCUT2D eigenvalue weighted by molar-refractivity contribution is 9.10. The number of hydrogen-bond donors (Lipinski definition) is 1. The van der Waals surface area contributed by atoms with Crippen LogP contribution in [0.4, 0.5) is 10.7 Å². The second-order valence-corrected chi connectivity index (χ2v) is 10.7. The molecule has 31 heavy (non-hydrogen) atoms. The average molecular weight is 523 g/mol. The summed E-state index contributed by atoms with van der Waals surface area (Å²) in [7, 11) is 2.11. The van der Waals surface area contributed by atoms with Crippen LogP contribution in [0.15, 0.2) is 28.7 Å². The summed E-state index contributed by atoms with van der Waals surface area (Å²) in [5.74, 6) is 1.51. The molecule has 166 valence electrons. The fourth-order valence-corrected chi connectivity index (χ4v) is 6.93. The molecule has 0 spiro atoms. The molecule has 4 rings (SSSR count). The van der Waals surface area contributed by atoms with Gasteiger partial charge in [-0.3, -0.25) is 4.79 Å². The average Bonchev–Trinajstić information content (AvgIpc) is 3.44. The minimum Gasteiger partial charge on any atom is -0.375 e. The van der Waals surface area contributed by atoms with Crippen molar-refractivity contribution >= 4 is 56.3 Å². The van der Waals surface area contributed by atoms with Crippen molar-refractivity contribution < 1.29 is 4.79 Å². The zero-order valence-corrected chi connectivity index (χ0v) is 21.2. The number of amides is 1. The van der Waals surface area contributed by atoms with Crippen molar-refractivity contribution in [3.63, 3.8) is 0 Å². The number of nitriles is 1. The lowest BCUT2D eigenvalue weighted by Gasteiger charge is -2.20. The Morgan fingerprint density at radius 2 is 2.03 bits per heavy atom. The molecule has 0 unspecified atom stereocenters. The number of fused-ring (bicyclic) bond motifs is 2. The minimum atomic E-state index is 0.